The Morgan fingerprint density at radius 1 is 0.952 bits per heavy atom. The Morgan fingerprint density at radius 2 is 1.57 bits per heavy atom. The van der Waals surface area contributed by atoms with Gasteiger partial charge in [0.25, 0.3) is 0 Å². The smallest absolute Gasteiger partial charge is 0.302 e. The first-order valence-corrected chi connectivity index (χ1v) is 6.94. The van der Waals surface area contributed by atoms with Crippen LogP contribution in [0.1, 0.15) is 17.2 Å². The first-order valence-electron chi connectivity index (χ1n) is 6.56. The topological polar surface area (TPSA) is 12.0 Å². The Hall–Kier alpha value is -1.52. The molecule has 0 saturated carbocycles. The van der Waals surface area contributed by atoms with Crippen LogP contribution in [0.3, 0.4) is 0 Å². The largest absolute Gasteiger partial charge is 0.407 e. The number of rotatable bonds is 5. The summed E-state index contributed by atoms with van der Waals surface area (Å²) in [4.78, 5) is 0. The molecular weight excluding hydrogens is 299 g/mol. The van der Waals surface area contributed by atoms with E-state index in [9.17, 15) is 13.2 Å². The maximum Gasteiger partial charge on any atom is 0.407 e. The molecule has 1 nitrogen and oxygen atoms in total. The summed E-state index contributed by atoms with van der Waals surface area (Å²) < 4.78 is 39.3. The molecule has 0 aliphatic rings. The van der Waals surface area contributed by atoms with Crippen LogP contribution in [0.15, 0.2) is 54.6 Å². The number of benzene rings is 2. The second kappa shape index (κ2) is 6.96. The van der Waals surface area contributed by atoms with E-state index in [1.807, 2.05) is 12.1 Å². The van der Waals surface area contributed by atoms with Gasteiger partial charge in [-0.2, -0.15) is 13.2 Å². The molecule has 112 valence electrons. The first-order chi connectivity index (χ1) is 9.97. The average Bonchev–Trinajstić information content (AvgIpc) is 2.45. The van der Waals surface area contributed by atoms with E-state index in [4.69, 9.17) is 11.6 Å². The van der Waals surface area contributed by atoms with Gasteiger partial charge >= 0.3 is 6.18 Å². The van der Waals surface area contributed by atoms with E-state index >= 15 is 0 Å². The van der Waals surface area contributed by atoms with Crippen LogP contribution in [0.2, 0.25) is 5.02 Å². The van der Waals surface area contributed by atoms with Crippen LogP contribution in [0.5, 0.6) is 0 Å². The van der Waals surface area contributed by atoms with Crippen LogP contribution in [-0.4, -0.2) is 12.7 Å². The van der Waals surface area contributed by atoms with Crippen molar-refractivity contribution in [2.45, 2.75) is 18.6 Å². The van der Waals surface area contributed by atoms with Crippen LogP contribution < -0.4 is 5.32 Å². The van der Waals surface area contributed by atoms with Gasteiger partial charge in [0, 0.05) is 11.6 Å². The Labute approximate surface area is 126 Å². The molecular formula is C16H15ClF3N. The third-order valence-electron chi connectivity index (χ3n) is 3.14. The molecule has 2 aromatic rings. The summed E-state index contributed by atoms with van der Waals surface area (Å²) >= 11 is 5.77. The van der Waals surface area contributed by atoms with E-state index in [2.05, 4.69) is 5.32 Å². The molecule has 0 saturated heterocycles. The number of hydrogen-bond donors (Lipinski definition) is 1. The van der Waals surface area contributed by atoms with E-state index in [-0.39, 0.29) is 12.1 Å². The van der Waals surface area contributed by atoms with Crippen LogP contribution in [-0.2, 0) is 6.42 Å². The lowest BCUT2D eigenvalue weighted by molar-refractivity contribution is -0.157. The fourth-order valence-corrected chi connectivity index (χ4v) is 2.21. The molecule has 0 aliphatic heterocycles. The van der Waals surface area contributed by atoms with Crippen LogP contribution in [0, 0.1) is 0 Å². The highest BCUT2D eigenvalue weighted by atomic mass is 35.5. The lowest BCUT2D eigenvalue weighted by Gasteiger charge is -2.22. The molecule has 0 heterocycles. The quantitative estimate of drug-likeness (QED) is 0.838. The van der Waals surface area contributed by atoms with Gasteiger partial charge < -0.3 is 5.32 Å². The molecule has 2 aromatic carbocycles. The van der Waals surface area contributed by atoms with Crippen molar-refractivity contribution in [2.24, 2.45) is 0 Å². The highest BCUT2D eigenvalue weighted by Crippen LogP contribution is 2.32. The van der Waals surface area contributed by atoms with E-state index in [1.54, 1.807) is 30.3 Å². The fourth-order valence-electron chi connectivity index (χ4n) is 2.08. The SMILES string of the molecule is FC(F)(F)C(NCCc1ccc(Cl)cc1)c1ccccc1. The minimum Gasteiger partial charge on any atom is -0.302 e. The van der Waals surface area contributed by atoms with Gasteiger partial charge in [0.1, 0.15) is 6.04 Å². The summed E-state index contributed by atoms with van der Waals surface area (Å²) in [5, 5.41) is 3.20. The van der Waals surface area contributed by atoms with Crippen LogP contribution in [0.4, 0.5) is 13.2 Å². The van der Waals surface area contributed by atoms with E-state index in [1.165, 1.54) is 12.1 Å². The lowest BCUT2D eigenvalue weighted by Crippen LogP contribution is -2.35. The number of alkyl halides is 3. The number of hydrogen-bond acceptors (Lipinski definition) is 1. The molecule has 0 aromatic heterocycles. The highest BCUT2D eigenvalue weighted by molar-refractivity contribution is 6.30. The second-order valence-electron chi connectivity index (χ2n) is 4.72. The molecule has 1 unspecified atom stereocenters. The predicted octanol–water partition coefficient (Wildman–Crippen LogP) is 4.78. The molecule has 21 heavy (non-hydrogen) atoms. The Bertz CT molecular complexity index is 552. The zero-order valence-electron chi connectivity index (χ0n) is 11.2. The molecule has 1 atom stereocenters. The third-order valence-corrected chi connectivity index (χ3v) is 3.39. The fraction of sp³-hybridized carbons (Fsp3) is 0.250. The molecule has 2 rings (SSSR count). The molecule has 1 N–H and O–H groups in total. The van der Waals surface area contributed by atoms with E-state index in [0.717, 1.165) is 5.56 Å². The zero-order valence-corrected chi connectivity index (χ0v) is 12.0. The van der Waals surface area contributed by atoms with Gasteiger partial charge in [-0.15, -0.1) is 0 Å². The predicted molar refractivity (Wildman–Crippen MR) is 78.4 cm³/mol. The Kier molecular flexibility index (Phi) is 5.26. The van der Waals surface area contributed by atoms with Crippen LogP contribution in [0.25, 0.3) is 0 Å². The summed E-state index contributed by atoms with van der Waals surface area (Å²) in [5.74, 6) is 0. The Balaban J connectivity index is 1.99. The van der Waals surface area contributed by atoms with Crippen molar-refractivity contribution < 1.29 is 13.2 Å². The summed E-state index contributed by atoms with van der Waals surface area (Å²) in [6, 6.07) is 13.3. The maximum absolute atomic E-state index is 13.1. The minimum absolute atomic E-state index is 0.223. The van der Waals surface area contributed by atoms with Gasteiger partial charge in [-0.1, -0.05) is 54.1 Å². The summed E-state index contributed by atoms with van der Waals surface area (Å²) in [7, 11) is 0. The van der Waals surface area contributed by atoms with Crippen molar-refractivity contribution in [3.63, 3.8) is 0 Å². The van der Waals surface area contributed by atoms with E-state index in [0.29, 0.717) is 11.4 Å². The first kappa shape index (κ1) is 15.9. The summed E-state index contributed by atoms with van der Waals surface area (Å²) in [5.41, 5.74) is 1.17. The average molecular weight is 314 g/mol. The summed E-state index contributed by atoms with van der Waals surface area (Å²) in [6.45, 7) is 0.237. The Morgan fingerprint density at radius 3 is 2.14 bits per heavy atom. The molecule has 0 radical (unpaired) electrons. The summed E-state index contributed by atoms with van der Waals surface area (Å²) in [6.07, 6.45) is -3.81. The van der Waals surface area contributed by atoms with Crippen molar-refractivity contribution in [2.75, 3.05) is 6.54 Å². The third kappa shape index (κ3) is 4.76. The van der Waals surface area contributed by atoms with Crippen molar-refractivity contribution in [3.05, 3.63) is 70.7 Å². The molecule has 0 aliphatic carbocycles. The van der Waals surface area contributed by atoms with Gasteiger partial charge in [-0.3, -0.25) is 0 Å². The lowest BCUT2D eigenvalue weighted by atomic mass is 10.1. The number of nitrogens with one attached hydrogen (secondary N) is 1. The van der Waals surface area contributed by atoms with Gasteiger partial charge in [0.05, 0.1) is 0 Å². The van der Waals surface area contributed by atoms with E-state index < -0.39 is 12.2 Å². The molecule has 5 heteroatoms. The normalized spacial score (nSPS) is 13.1. The van der Waals surface area contributed by atoms with Gasteiger partial charge in [0.2, 0.25) is 0 Å². The van der Waals surface area contributed by atoms with Crippen molar-refractivity contribution in [1.29, 1.82) is 0 Å². The zero-order chi connectivity index (χ0) is 15.3. The van der Waals surface area contributed by atoms with Crippen molar-refractivity contribution in [3.8, 4) is 0 Å². The molecule has 0 spiro atoms. The second-order valence-corrected chi connectivity index (χ2v) is 5.15. The van der Waals surface area contributed by atoms with Crippen molar-refractivity contribution in [1.82, 2.24) is 5.32 Å². The molecule has 0 fully saturated rings. The van der Waals surface area contributed by atoms with Gasteiger partial charge in [-0.25, -0.2) is 0 Å². The number of halogens is 4. The minimum atomic E-state index is -4.32. The standard InChI is InChI=1S/C16H15ClF3N/c17-14-8-6-12(7-9-14)10-11-21-15(16(18,19)20)13-4-2-1-3-5-13/h1-9,15,21H,10-11H2. The highest BCUT2D eigenvalue weighted by Gasteiger charge is 2.40. The monoisotopic (exact) mass is 313 g/mol. The molecule has 0 amide bonds. The van der Waals surface area contributed by atoms with Crippen molar-refractivity contribution >= 4 is 11.6 Å². The van der Waals surface area contributed by atoms with Gasteiger partial charge in [0.15, 0.2) is 0 Å². The maximum atomic E-state index is 13.1. The van der Waals surface area contributed by atoms with Gasteiger partial charge in [-0.05, 0) is 29.7 Å². The molecule has 0 bridgehead atoms. The van der Waals surface area contributed by atoms with Crippen LogP contribution >= 0.6 is 11.6 Å².